The topological polar surface area (TPSA) is 25.2 Å². The highest BCUT2D eigenvalue weighted by atomic mass is 16.3. The number of hydrogen-bond acceptors (Lipinski definition) is 2. The first-order chi connectivity index (χ1) is 7.90. The van der Waals surface area contributed by atoms with Gasteiger partial charge in [0.25, 0.3) is 0 Å². The molecule has 0 spiro atoms. The summed E-state index contributed by atoms with van der Waals surface area (Å²) in [6.07, 6.45) is 11.1. The van der Waals surface area contributed by atoms with Crippen LogP contribution in [-0.2, 0) is 13.0 Å². The zero-order chi connectivity index (χ0) is 11.2. The molecule has 0 radical (unpaired) electrons. The van der Waals surface area contributed by atoms with E-state index in [-0.39, 0.29) is 0 Å². The van der Waals surface area contributed by atoms with Crippen LogP contribution >= 0.6 is 0 Å². The van der Waals surface area contributed by atoms with Crippen molar-refractivity contribution in [1.29, 1.82) is 0 Å². The highest BCUT2D eigenvalue weighted by Crippen LogP contribution is 2.18. The lowest BCUT2D eigenvalue weighted by Gasteiger charge is -2.15. The summed E-state index contributed by atoms with van der Waals surface area (Å²) >= 11 is 0. The van der Waals surface area contributed by atoms with E-state index in [4.69, 9.17) is 4.42 Å². The molecule has 1 aliphatic rings. The average Bonchev–Trinajstić information content (AvgIpc) is 2.60. The van der Waals surface area contributed by atoms with Gasteiger partial charge in [-0.25, -0.2) is 0 Å². The largest absolute Gasteiger partial charge is 0.469 e. The van der Waals surface area contributed by atoms with E-state index in [1.807, 2.05) is 6.26 Å². The molecule has 16 heavy (non-hydrogen) atoms. The Hall–Kier alpha value is -0.760. The van der Waals surface area contributed by atoms with Gasteiger partial charge < -0.3 is 9.73 Å². The first-order valence-electron chi connectivity index (χ1n) is 6.68. The Morgan fingerprint density at radius 3 is 2.69 bits per heavy atom. The second-order valence-corrected chi connectivity index (χ2v) is 4.79. The van der Waals surface area contributed by atoms with E-state index in [1.165, 1.54) is 44.1 Å². The smallest absolute Gasteiger partial charge is 0.107 e. The highest BCUT2D eigenvalue weighted by Gasteiger charge is 2.12. The van der Waals surface area contributed by atoms with Crippen LogP contribution in [-0.4, -0.2) is 6.04 Å². The van der Waals surface area contributed by atoms with Gasteiger partial charge in [-0.05, 0) is 18.9 Å². The van der Waals surface area contributed by atoms with Gasteiger partial charge in [0.2, 0.25) is 0 Å². The SMILES string of the molecule is CCc1occc1CNC1CCCCCC1. The third-order valence-corrected chi connectivity index (χ3v) is 3.60. The molecule has 0 bridgehead atoms. The second kappa shape index (κ2) is 6.09. The van der Waals surface area contributed by atoms with Crippen molar-refractivity contribution in [3.05, 3.63) is 23.7 Å². The van der Waals surface area contributed by atoms with Crippen LogP contribution in [0.4, 0.5) is 0 Å². The molecule has 0 amide bonds. The van der Waals surface area contributed by atoms with E-state index in [1.54, 1.807) is 0 Å². The van der Waals surface area contributed by atoms with E-state index in [0.29, 0.717) is 0 Å². The van der Waals surface area contributed by atoms with Gasteiger partial charge in [0.1, 0.15) is 5.76 Å². The molecule has 0 unspecified atom stereocenters. The molecule has 0 atom stereocenters. The number of rotatable bonds is 4. The minimum Gasteiger partial charge on any atom is -0.469 e. The molecule has 2 rings (SSSR count). The second-order valence-electron chi connectivity index (χ2n) is 4.79. The molecule has 0 aliphatic heterocycles. The van der Waals surface area contributed by atoms with Crippen molar-refractivity contribution in [2.45, 2.75) is 64.5 Å². The zero-order valence-corrected chi connectivity index (χ0v) is 10.3. The number of nitrogens with one attached hydrogen (secondary N) is 1. The fraction of sp³-hybridized carbons (Fsp3) is 0.714. The van der Waals surface area contributed by atoms with Crippen LogP contribution in [0.25, 0.3) is 0 Å². The lowest BCUT2D eigenvalue weighted by atomic mass is 10.1. The van der Waals surface area contributed by atoms with Crippen molar-refractivity contribution < 1.29 is 4.42 Å². The molecule has 0 saturated heterocycles. The van der Waals surface area contributed by atoms with Crippen molar-refractivity contribution in [2.24, 2.45) is 0 Å². The van der Waals surface area contributed by atoms with Gasteiger partial charge in [0.05, 0.1) is 6.26 Å². The van der Waals surface area contributed by atoms with Crippen molar-refractivity contribution in [3.8, 4) is 0 Å². The van der Waals surface area contributed by atoms with Crippen LogP contribution in [0.3, 0.4) is 0 Å². The molecule has 1 saturated carbocycles. The Labute approximate surface area is 98.4 Å². The van der Waals surface area contributed by atoms with E-state index in [9.17, 15) is 0 Å². The van der Waals surface area contributed by atoms with Crippen LogP contribution in [0, 0.1) is 0 Å². The molecule has 90 valence electrons. The average molecular weight is 221 g/mol. The van der Waals surface area contributed by atoms with Crippen molar-refractivity contribution in [1.82, 2.24) is 5.32 Å². The summed E-state index contributed by atoms with van der Waals surface area (Å²) in [6.45, 7) is 3.12. The molecular formula is C14H23NO. The minimum atomic E-state index is 0.724. The van der Waals surface area contributed by atoms with Crippen molar-refractivity contribution >= 4 is 0 Å². The summed E-state index contributed by atoms with van der Waals surface area (Å²) in [5.41, 5.74) is 1.34. The van der Waals surface area contributed by atoms with E-state index in [2.05, 4.69) is 18.3 Å². The first kappa shape index (κ1) is 11.7. The maximum atomic E-state index is 5.44. The third-order valence-electron chi connectivity index (χ3n) is 3.60. The van der Waals surface area contributed by atoms with Gasteiger partial charge in [-0.15, -0.1) is 0 Å². The number of aryl methyl sites for hydroxylation is 1. The Morgan fingerprint density at radius 2 is 2.00 bits per heavy atom. The normalized spacial score (nSPS) is 18.6. The maximum absolute atomic E-state index is 5.44. The van der Waals surface area contributed by atoms with E-state index < -0.39 is 0 Å². The molecule has 1 N–H and O–H groups in total. The highest BCUT2D eigenvalue weighted by molar-refractivity contribution is 5.16. The lowest BCUT2D eigenvalue weighted by molar-refractivity contribution is 0.452. The fourth-order valence-corrected chi connectivity index (χ4v) is 2.57. The summed E-state index contributed by atoms with van der Waals surface area (Å²) in [6, 6.07) is 2.82. The molecule has 2 nitrogen and oxygen atoms in total. The summed E-state index contributed by atoms with van der Waals surface area (Å²) < 4.78 is 5.44. The van der Waals surface area contributed by atoms with Gasteiger partial charge in [0, 0.05) is 24.6 Å². The Kier molecular flexibility index (Phi) is 4.46. The molecule has 1 heterocycles. The van der Waals surface area contributed by atoms with Crippen LogP contribution in [0.1, 0.15) is 56.8 Å². The molecular weight excluding hydrogens is 198 g/mol. The Bertz CT molecular complexity index is 297. The third kappa shape index (κ3) is 3.11. The van der Waals surface area contributed by atoms with Gasteiger partial charge in [0.15, 0.2) is 0 Å². The van der Waals surface area contributed by atoms with Gasteiger partial charge in [-0.1, -0.05) is 32.6 Å². The van der Waals surface area contributed by atoms with Gasteiger partial charge >= 0.3 is 0 Å². The molecule has 1 aromatic rings. The van der Waals surface area contributed by atoms with Crippen LogP contribution < -0.4 is 5.32 Å². The molecule has 0 aromatic carbocycles. The predicted molar refractivity (Wildman–Crippen MR) is 66.4 cm³/mol. The fourth-order valence-electron chi connectivity index (χ4n) is 2.57. The van der Waals surface area contributed by atoms with Gasteiger partial charge in [-0.2, -0.15) is 0 Å². The zero-order valence-electron chi connectivity index (χ0n) is 10.3. The number of furan rings is 1. The van der Waals surface area contributed by atoms with Crippen LogP contribution in [0.15, 0.2) is 16.7 Å². The van der Waals surface area contributed by atoms with Gasteiger partial charge in [-0.3, -0.25) is 0 Å². The standard InChI is InChI=1S/C14H23NO/c1-2-14-12(9-10-16-14)11-15-13-7-5-3-4-6-8-13/h9-10,13,15H,2-8,11H2,1H3. The van der Waals surface area contributed by atoms with Crippen molar-refractivity contribution in [2.75, 3.05) is 0 Å². The summed E-state index contributed by atoms with van der Waals surface area (Å²) in [7, 11) is 0. The first-order valence-corrected chi connectivity index (χ1v) is 6.68. The molecule has 1 aromatic heterocycles. The van der Waals surface area contributed by atoms with E-state index in [0.717, 1.165) is 24.8 Å². The lowest BCUT2D eigenvalue weighted by Crippen LogP contribution is -2.28. The van der Waals surface area contributed by atoms with Crippen LogP contribution in [0.5, 0.6) is 0 Å². The molecule has 1 aliphatic carbocycles. The van der Waals surface area contributed by atoms with Crippen LogP contribution in [0.2, 0.25) is 0 Å². The van der Waals surface area contributed by atoms with E-state index >= 15 is 0 Å². The Morgan fingerprint density at radius 1 is 1.25 bits per heavy atom. The number of hydrogen-bond donors (Lipinski definition) is 1. The quantitative estimate of drug-likeness (QED) is 0.785. The summed E-state index contributed by atoms with van der Waals surface area (Å²) in [5.74, 6) is 1.14. The monoisotopic (exact) mass is 221 g/mol. The Balaban J connectivity index is 1.81. The minimum absolute atomic E-state index is 0.724. The van der Waals surface area contributed by atoms with Crippen molar-refractivity contribution in [3.63, 3.8) is 0 Å². The molecule has 1 fully saturated rings. The summed E-state index contributed by atoms with van der Waals surface area (Å²) in [5, 5.41) is 3.68. The maximum Gasteiger partial charge on any atom is 0.107 e. The predicted octanol–water partition coefficient (Wildman–Crippen LogP) is 3.65. The summed E-state index contributed by atoms with van der Waals surface area (Å²) in [4.78, 5) is 0. The molecule has 2 heteroatoms.